The standard InChI is InChI=1S/C79H154O/c1-3-5-7-9-11-13-15-17-19-21-22-23-24-25-27-35-41-47-53-59-65-71-79(80)72-66-60-54-48-42-36-29-28-32-38-44-50-56-62-68-76-74-78(76)70-64-58-52-46-40-34-30-33-39-45-51-57-63-69-77-73-75(77)67-61-55-49-43-37-31-26-20-18-16-14-12-10-8-6-4-2/h75-78H,3-74H2,1-2H3/t75-,76-,77-,78-/m0/s1. The molecule has 0 bridgehead atoms. The van der Waals surface area contributed by atoms with E-state index in [9.17, 15) is 4.79 Å². The van der Waals surface area contributed by atoms with Crippen LogP contribution in [0, 0.1) is 23.7 Å². The van der Waals surface area contributed by atoms with E-state index in [2.05, 4.69) is 13.8 Å². The second-order valence-corrected chi connectivity index (χ2v) is 28.6. The minimum atomic E-state index is 0.539. The van der Waals surface area contributed by atoms with Crippen molar-refractivity contribution in [2.45, 2.75) is 476 Å². The number of hydrogen-bond donors (Lipinski definition) is 0. The molecule has 0 aromatic carbocycles. The summed E-state index contributed by atoms with van der Waals surface area (Å²) in [6.07, 6.45) is 104. The molecule has 0 unspecified atom stereocenters. The molecule has 0 heterocycles. The van der Waals surface area contributed by atoms with Crippen LogP contribution in [0.5, 0.6) is 0 Å². The van der Waals surface area contributed by atoms with Gasteiger partial charge in [-0.25, -0.2) is 0 Å². The van der Waals surface area contributed by atoms with Crippen molar-refractivity contribution in [2.24, 2.45) is 23.7 Å². The highest BCUT2D eigenvalue weighted by Gasteiger charge is 2.35. The summed E-state index contributed by atoms with van der Waals surface area (Å²) < 4.78 is 0. The number of rotatable bonds is 72. The van der Waals surface area contributed by atoms with Crippen molar-refractivity contribution in [2.75, 3.05) is 0 Å². The van der Waals surface area contributed by atoms with E-state index in [-0.39, 0.29) is 0 Å². The summed E-state index contributed by atoms with van der Waals surface area (Å²) >= 11 is 0. The Bertz CT molecular complexity index is 1170. The third-order valence-electron chi connectivity index (χ3n) is 20.6. The van der Waals surface area contributed by atoms with E-state index in [0.29, 0.717) is 5.78 Å². The van der Waals surface area contributed by atoms with Crippen LogP contribution in [0.3, 0.4) is 0 Å². The van der Waals surface area contributed by atoms with Crippen molar-refractivity contribution in [3.05, 3.63) is 0 Å². The molecule has 1 nitrogen and oxygen atoms in total. The van der Waals surface area contributed by atoms with Crippen LogP contribution in [0.1, 0.15) is 476 Å². The van der Waals surface area contributed by atoms with E-state index < -0.39 is 0 Å². The lowest BCUT2D eigenvalue weighted by atomic mass is 10.0. The number of hydrogen-bond acceptors (Lipinski definition) is 1. The van der Waals surface area contributed by atoms with Crippen LogP contribution in [0.25, 0.3) is 0 Å². The summed E-state index contributed by atoms with van der Waals surface area (Å²) in [5.41, 5.74) is 0. The summed E-state index contributed by atoms with van der Waals surface area (Å²) in [7, 11) is 0. The minimum Gasteiger partial charge on any atom is -0.300 e. The van der Waals surface area contributed by atoms with E-state index in [1.165, 1.54) is 398 Å². The minimum absolute atomic E-state index is 0.539. The number of ketones is 1. The Hall–Kier alpha value is -0.330. The van der Waals surface area contributed by atoms with Gasteiger partial charge in [0.15, 0.2) is 0 Å². The summed E-state index contributed by atoms with van der Waals surface area (Å²) in [6, 6.07) is 0. The van der Waals surface area contributed by atoms with Crippen LogP contribution < -0.4 is 0 Å². The molecule has 4 atom stereocenters. The predicted molar refractivity (Wildman–Crippen MR) is 363 cm³/mol. The van der Waals surface area contributed by atoms with E-state index >= 15 is 0 Å². The van der Waals surface area contributed by atoms with Crippen molar-refractivity contribution in [3.8, 4) is 0 Å². The maximum atomic E-state index is 12.4. The van der Waals surface area contributed by atoms with Gasteiger partial charge in [0.2, 0.25) is 0 Å². The maximum Gasteiger partial charge on any atom is 0.132 e. The van der Waals surface area contributed by atoms with Gasteiger partial charge in [0.25, 0.3) is 0 Å². The highest BCUT2D eigenvalue weighted by molar-refractivity contribution is 5.78. The largest absolute Gasteiger partial charge is 0.300 e. The summed E-state index contributed by atoms with van der Waals surface area (Å²) in [4.78, 5) is 12.4. The van der Waals surface area contributed by atoms with Crippen LogP contribution in [0.4, 0.5) is 0 Å². The molecule has 0 spiro atoms. The van der Waals surface area contributed by atoms with Crippen LogP contribution in [-0.4, -0.2) is 5.78 Å². The van der Waals surface area contributed by atoms with Crippen molar-refractivity contribution in [1.82, 2.24) is 0 Å². The monoisotopic (exact) mass is 1120 g/mol. The lowest BCUT2D eigenvalue weighted by molar-refractivity contribution is -0.119. The number of carbonyl (C=O) groups excluding carboxylic acids is 1. The van der Waals surface area contributed by atoms with E-state index in [4.69, 9.17) is 0 Å². The zero-order valence-corrected chi connectivity index (χ0v) is 56.1. The first-order chi connectivity index (χ1) is 39.7. The summed E-state index contributed by atoms with van der Waals surface area (Å²) in [5, 5.41) is 0. The quantitative estimate of drug-likeness (QED) is 0.0555. The molecule has 0 aromatic rings. The van der Waals surface area contributed by atoms with Crippen LogP contribution in [0.2, 0.25) is 0 Å². The first-order valence-electron chi connectivity index (χ1n) is 39.3. The Morgan fingerprint density at radius 2 is 0.312 bits per heavy atom. The smallest absolute Gasteiger partial charge is 0.132 e. The van der Waals surface area contributed by atoms with Gasteiger partial charge in [-0.1, -0.05) is 438 Å². The average Bonchev–Trinajstić information content (AvgIpc) is 4.41. The van der Waals surface area contributed by atoms with Gasteiger partial charge in [-0.05, 0) is 49.4 Å². The first kappa shape index (κ1) is 75.8. The molecule has 476 valence electrons. The molecule has 2 aliphatic carbocycles. The van der Waals surface area contributed by atoms with Crippen LogP contribution in [0.15, 0.2) is 0 Å². The topological polar surface area (TPSA) is 17.1 Å². The summed E-state index contributed by atoms with van der Waals surface area (Å²) in [5.74, 6) is 5.01. The van der Waals surface area contributed by atoms with Gasteiger partial charge in [0.05, 0.1) is 0 Å². The number of carbonyl (C=O) groups is 1. The molecule has 0 N–H and O–H groups in total. The molecule has 0 amide bonds. The Labute approximate surface area is 507 Å². The fourth-order valence-corrected chi connectivity index (χ4v) is 14.5. The van der Waals surface area contributed by atoms with E-state index in [1.807, 2.05) is 0 Å². The van der Waals surface area contributed by atoms with Crippen molar-refractivity contribution in [3.63, 3.8) is 0 Å². The van der Waals surface area contributed by atoms with Gasteiger partial charge >= 0.3 is 0 Å². The van der Waals surface area contributed by atoms with E-state index in [0.717, 1.165) is 49.4 Å². The average molecular weight is 1120 g/mol. The molecule has 2 rings (SSSR count). The zero-order chi connectivity index (χ0) is 56.8. The molecule has 0 radical (unpaired) electrons. The van der Waals surface area contributed by atoms with Gasteiger partial charge in [-0.2, -0.15) is 0 Å². The molecular formula is C79H154O. The fraction of sp³-hybridized carbons (Fsp3) is 0.987. The van der Waals surface area contributed by atoms with Gasteiger partial charge in [-0.3, -0.25) is 4.79 Å². The van der Waals surface area contributed by atoms with Gasteiger partial charge < -0.3 is 0 Å². The van der Waals surface area contributed by atoms with Gasteiger partial charge in [0, 0.05) is 12.8 Å². The first-order valence-corrected chi connectivity index (χ1v) is 39.3. The fourth-order valence-electron chi connectivity index (χ4n) is 14.5. The Morgan fingerprint density at radius 3 is 0.463 bits per heavy atom. The van der Waals surface area contributed by atoms with Crippen LogP contribution >= 0.6 is 0 Å². The predicted octanol–water partition coefficient (Wildman–Crippen LogP) is 29.2. The third-order valence-corrected chi connectivity index (χ3v) is 20.6. The second kappa shape index (κ2) is 63.2. The Balaban J connectivity index is 1.14. The SMILES string of the molecule is CCCCCCCCCCCCCCCCCCCCCCCC(=O)CCCCCCCCCCCCCCCC[C@H]1C[C@@H]1CCCCCCCCCCCCCCC[C@H]1C[C@@H]1CCCCCCCCCCCCCCCCCC. The zero-order valence-electron chi connectivity index (χ0n) is 56.1. The number of Topliss-reactive ketones (excluding diaryl/α,β-unsaturated/α-hetero) is 1. The lowest BCUT2D eigenvalue weighted by Crippen LogP contribution is -1.97. The summed E-state index contributed by atoms with van der Waals surface area (Å²) in [6.45, 7) is 4.63. The van der Waals surface area contributed by atoms with Crippen LogP contribution in [-0.2, 0) is 4.79 Å². The molecular weight excluding hydrogens is 965 g/mol. The molecule has 2 fully saturated rings. The van der Waals surface area contributed by atoms with Gasteiger partial charge in [0.1, 0.15) is 5.78 Å². The molecule has 0 aliphatic heterocycles. The third kappa shape index (κ3) is 56.8. The highest BCUT2D eigenvalue weighted by Crippen LogP contribution is 2.47. The van der Waals surface area contributed by atoms with Crippen molar-refractivity contribution >= 4 is 5.78 Å². The molecule has 2 saturated carbocycles. The van der Waals surface area contributed by atoms with Crippen molar-refractivity contribution < 1.29 is 4.79 Å². The van der Waals surface area contributed by atoms with E-state index in [1.54, 1.807) is 38.5 Å². The lowest BCUT2D eigenvalue weighted by Gasteiger charge is -2.05. The highest BCUT2D eigenvalue weighted by atomic mass is 16.1. The molecule has 2 aliphatic rings. The molecule has 80 heavy (non-hydrogen) atoms. The van der Waals surface area contributed by atoms with Crippen molar-refractivity contribution in [1.29, 1.82) is 0 Å². The normalized spacial score (nSPS) is 16.8. The number of unbranched alkanes of at least 4 members (excludes halogenated alkanes) is 60. The van der Waals surface area contributed by atoms with Gasteiger partial charge in [-0.15, -0.1) is 0 Å². The maximum absolute atomic E-state index is 12.4. The Kier molecular flexibility index (Phi) is 59.8. The molecule has 0 saturated heterocycles. The molecule has 1 heteroatoms. The molecule has 0 aromatic heterocycles. The Morgan fingerprint density at radius 1 is 0.188 bits per heavy atom. The second-order valence-electron chi connectivity index (χ2n) is 28.6.